The summed E-state index contributed by atoms with van der Waals surface area (Å²) in [6.07, 6.45) is 90.7. The van der Waals surface area contributed by atoms with Crippen LogP contribution in [0, 0.1) is 0 Å². The molecule has 0 aliphatic heterocycles. The Kier molecular flexibility index (Phi) is 66.6. The highest BCUT2D eigenvalue weighted by Gasteiger charge is 2.19. The largest absolute Gasteiger partial charge is 0.462 e. The zero-order chi connectivity index (χ0) is 58.5. The SMILES string of the molecule is CC/C=C\C/C=C\C/C=C\C/C=C\CCCCCCC(=O)OCC(COC(=O)CCCCCCCCCCCCC/C=C\CCCCCCCCCC)OC(=O)CCCCCCCCCCCCC/C=C\CCCCCCCCCC. The number of carbonyl (C=O) groups is 3. The van der Waals surface area contributed by atoms with Crippen molar-refractivity contribution in [1.82, 2.24) is 0 Å². The van der Waals surface area contributed by atoms with E-state index in [0.29, 0.717) is 19.3 Å². The van der Waals surface area contributed by atoms with Crippen molar-refractivity contribution in [3.8, 4) is 0 Å². The lowest BCUT2D eigenvalue weighted by molar-refractivity contribution is -0.167. The molecule has 0 heterocycles. The summed E-state index contributed by atoms with van der Waals surface area (Å²) in [6.45, 7) is 6.56. The van der Waals surface area contributed by atoms with E-state index in [-0.39, 0.29) is 31.1 Å². The van der Waals surface area contributed by atoms with Gasteiger partial charge in [-0.15, -0.1) is 0 Å². The van der Waals surface area contributed by atoms with Gasteiger partial charge in [0, 0.05) is 19.3 Å². The number of unbranched alkanes of at least 4 members (excludes halogenated alkanes) is 42. The number of allylic oxidation sites excluding steroid dienone is 12. The molecule has 0 aromatic carbocycles. The third-order valence-electron chi connectivity index (χ3n) is 15.7. The number of carbonyl (C=O) groups excluding carboxylic acids is 3. The maximum absolute atomic E-state index is 13.0. The summed E-state index contributed by atoms with van der Waals surface area (Å²) in [7, 11) is 0. The molecule has 1 unspecified atom stereocenters. The first-order valence-corrected chi connectivity index (χ1v) is 35.4. The van der Waals surface area contributed by atoms with E-state index in [1.807, 2.05) is 0 Å². The molecule has 0 aliphatic carbocycles. The Morgan fingerprint density at radius 3 is 0.765 bits per heavy atom. The predicted octanol–water partition coefficient (Wildman–Crippen LogP) is 24.4. The van der Waals surface area contributed by atoms with Gasteiger partial charge in [0.2, 0.25) is 0 Å². The third-order valence-corrected chi connectivity index (χ3v) is 15.7. The third kappa shape index (κ3) is 67.5. The predicted molar refractivity (Wildman–Crippen MR) is 353 cm³/mol. The van der Waals surface area contributed by atoms with E-state index in [4.69, 9.17) is 14.2 Å². The molecule has 0 bridgehead atoms. The maximum Gasteiger partial charge on any atom is 0.306 e. The van der Waals surface area contributed by atoms with Crippen LogP contribution >= 0.6 is 0 Å². The second kappa shape index (κ2) is 69.3. The number of rotatable bonds is 65. The van der Waals surface area contributed by atoms with Gasteiger partial charge in [-0.1, -0.05) is 312 Å². The highest BCUT2D eigenvalue weighted by Crippen LogP contribution is 2.17. The molecule has 1 atom stereocenters. The van der Waals surface area contributed by atoms with Crippen LogP contribution in [0.15, 0.2) is 72.9 Å². The lowest BCUT2D eigenvalue weighted by Gasteiger charge is -2.18. The van der Waals surface area contributed by atoms with Crippen molar-refractivity contribution in [3.63, 3.8) is 0 Å². The number of ether oxygens (including phenoxy) is 3. The fraction of sp³-hybridized carbons (Fsp3) is 0.800. The van der Waals surface area contributed by atoms with E-state index in [1.165, 1.54) is 231 Å². The van der Waals surface area contributed by atoms with Gasteiger partial charge in [-0.25, -0.2) is 0 Å². The van der Waals surface area contributed by atoms with Gasteiger partial charge < -0.3 is 14.2 Å². The Morgan fingerprint density at radius 2 is 0.481 bits per heavy atom. The molecule has 0 saturated carbocycles. The molecule has 81 heavy (non-hydrogen) atoms. The van der Waals surface area contributed by atoms with Crippen molar-refractivity contribution in [2.45, 2.75) is 374 Å². The molecule has 0 rings (SSSR count). The first-order valence-electron chi connectivity index (χ1n) is 35.4. The molecule has 0 radical (unpaired) electrons. The first kappa shape index (κ1) is 77.9. The highest BCUT2D eigenvalue weighted by molar-refractivity contribution is 5.71. The first-order chi connectivity index (χ1) is 40.0. The van der Waals surface area contributed by atoms with Gasteiger partial charge in [-0.3, -0.25) is 14.4 Å². The summed E-state index contributed by atoms with van der Waals surface area (Å²) in [6, 6.07) is 0. The highest BCUT2D eigenvalue weighted by atomic mass is 16.6. The molecule has 0 spiro atoms. The van der Waals surface area contributed by atoms with Crippen molar-refractivity contribution in [2.24, 2.45) is 0 Å². The average molecular weight is 1130 g/mol. The van der Waals surface area contributed by atoms with Gasteiger partial charge >= 0.3 is 17.9 Å². The molecule has 470 valence electrons. The quantitative estimate of drug-likeness (QED) is 0.0261. The van der Waals surface area contributed by atoms with Crippen LogP contribution in [0.3, 0.4) is 0 Å². The van der Waals surface area contributed by atoms with Crippen LogP contribution in [0.2, 0.25) is 0 Å². The van der Waals surface area contributed by atoms with Gasteiger partial charge in [-0.2, -0.15) is 0 Å². The van der Waals surface area contributed by atoms with E-state index in [0.717, 1.165) is 96.3 Å². The molecule has 0 N–H and O–H groups in total. The summed E-state index contributed by atoms with van der Waals surface area (Å²) in [5.41, 5.74) is 0. The fourth-order valence-electron chi connectivity index (χ4n) is 10.4. The topological polar surface area (TPSA) is 78.9 Å². The van der Waals surface area contributed by atoms with E-state index in [1.54, 1.807) is 0 Å². The minimum absolute atomic E-state index is 0.0817. The van der Waals surface area contributed by atoms with Crippen LogP contribution in [0.4, 0.5) is 0 Å². The Bertz CT molecular complexity index is 1490. The van der Waals surface area contributed by atoms with E-state index in [9.17, 15) is 14.4 Å². The van der Waals surface area contributed by atoms with Crippen molar-refractivity contribution in [2.75, 3.05) is 13.2 Å². The zero-order valence-electron chi connectivity index (χ0n) is 54.1. The summed E-state index contributed by atoms with van der Waals surface area (Å²) >= 11 is 0. The van der Waals surface area contributed by atoms with Gasteiger partial charge in [-0.05, 0) is 109 Å². The Morgan fingerprint density at radius 1 is 0.259 bits per heavy atom. The molecule has 0 fully saturated rings. The van der Waals surface area contributed by atoms with Gasteiger partial charge in [0.05, 0.1) is 0 Å². The summed E-state index contributed by atoms with van der Waals surface area (Å²) < 4.78 is 17.0. The number of hydrogen-bond donors (Lipinski definition) is 0. The normalized spacial score (nSPS) is 12.5. The van der Waals surface area contributed by atoms with Gasteiger partial charge in [0.15, 0.2) is 6.10 Å². The second-order valence-corrected chi connectivity index (χ2v) is 23.8. The van der Waals surface area contributed by atoms with E-state index < -0.39 is 6.10 Å². The lowest BCUT2D eigenvalue weighted by atomic mass is 10.0. The van der Waals surface area contributed by atoms with Crippen molar-refractivity contribution >= 4 is 17.9 Å². The van der Waals surface area contributed by atoms with Crippen LogP contribution in [-0.2, 0) is 28.6 Å². The summed E-state index contributed by atoms with van der Waals surface area (Å²) in [5.74, 6) is -0.887. The van der Waals surface area contributed by atoms with Crippen LogP contribution in [0.25, 0.3) is 0 Å². The summed E-state index contributed by atoms with van der Waals surface area (Å²) in [4.78, 5) is 38.5. The number of hydrogen-bond acceptors (Lipinski definition) is 6. The zero-order valence-corrected chi connectivity index (χ0v) is 54.1. The molecular weight excluding hydrogens is 997 g/mol. The Labute approximate surface area is 503 Å². The smallest absolute Gasteiger partial charge is 0.306 e. The molecule has 0 saturated heterocycles. The van der Waals surface area contributed by atoms with Crippen LogP contribution in [0.5, 0.6) is 0 Å². The minimum Gasteiger partial charge on any atom is -0.462 e. The molecular formula is C75H134O6. The lowest BCUT2D eigenvalue weighted by Crippen LogP contribution is -2.30. The van der Waals surface area contributed by atoms with Crippen molar-refractivity contribution in [1.29, 1.82) is 0 Å². The summed E-state index contributed by atoms with van der Waals surface area (Å²) in [5, 5.41) is 0. The Balaban J connectivity index is 4.35. The molecule has 0 aromatic rings. The molecule has 6 heteroatoms. The van der Waals surface area contributed by atoms with Crippen LogP contribution in [-0.4, -0.2) is 37.2 Å². The van der Waals surface area contributed by atoms with Gasteiger partial charge in [0.1, 0.15) is 13.2 Å². The maximum atomic E-state index is 13.0. The fourth-order valence-corrected chi connectivity index (χ4v) is 10.4. The molecule has 0 aliphatic rings. The van der Waals surface area contributed by atoms with Crippen molar-refractivity contribution < 1.29 is 28.6 Å². The van der Waals surface area contributed by atoms with Gasteiger partial charge in [0.25, 0.3) is 0 Å². The minimum atomic E-state index is -0.788. The average Bonchev–Trinajstić information content (AvgIpc) is 3.47. The molecule has 0 aromatic heterocycles. The standard InChI is InChI=1S/C75H134O6/c1-4-7-10-13-16-19-22-25-28-31-33-35-37-39-41-44-47-50-53-56-59-62-65-68-74(77)80-71-72(70-79-73(76)67-64-61-58-55-52-49-46-43-30-27-24-21-18-15-12-9-6-3)81-75(78)69-66-63-60-57-54-51-48-45-42-40-38-36-34-32-29-26-23-20-17-14-11-8-5-2/h9,12,18,21,27,30-34,46,49,72H,4-8,10-11,13-17,19-20,22-26,28-29,35-45,47-48,50-71H2,1-3H3/b12-9-,21-18-,30-27-,33-31-,34-32-,49-46-. The number of esters is 3. The monoisotopic (exact) mass is 1130 g/mol. The van der Waals surface area contributed by atoms with Crippen molar-refractivity contribution in [3.05, 3.63) is 72.9 Å². The van der Waals surface area contributed by atoms with Crippen LogP contribution < -0.4 is 0 Å². The second-order valence-electron chi connectivity index (χ2n) is 23.8. The Hall–Kier alpha value is -3.15. The molecule has 6 nitrogen and oxygen atoms in total. The van der Waals surface area contributed by atoms with E-state index >= 15 is 0 Å². The van der Waals surface area contributed by atoms with Crippen LogP contribution in [0.1, 0.15) is 367 Å². The van der Waals surface area contributed by atoms with E-state index in [2.05, 4.69) is 93.7 Å². The molecule has 0 amide bonds.